The second kappa shape index (κ2) is 11.7. The van der Waals surface area contributed by atoms with E-state index in [0.717, 1.165) is 36.8 Å². The van der Waals surface area contributed by atoms with Crippen LogP contribution >= 0.6 is 11.8 Å². The molecule has 0 spiro atoms. The van der Waals surface area contributed by atoms with E-state index < -0.39 is 11.0 Å². The van der Waals surface area contributed by atoms with Gasteiger partial charge in [0.2, 0.25) is 11.8 Å². The SMILES string of the molecule is C[C@H](C(=O)NC1CCCC1)N(Cc1ccccc1)C(=O)CSCc1ccc([N+](=O)[O-])cc1. The fourth-order valence-electron chi connectivity index (χ4n) is 3.81. The molecule has 170 valence electrons. The quantitative estimate of drug-likeness (QED) is 0.426. The van der Waals surface area contributed by atoms with E-state index in [1.165, 1.54) is 23.9 Å². The number of non-ortho nitro benzene ring substituents is 1. The number of amides is 2. The monoisotopic (exact) mass is 455 g/mol. The van der Waals surface area contributed by atoms with Gasteiger partial charge in [-0.2, -0.15) is 0 Å². The molecule has 0 unspecified atom stereocenters. The molecule has 7 nitrogen and oxygen atoms in total. The third-order valence-electron chi connectivity index (χ3n) is 5.71. The first-order chi connectivity index (χ1) is 15.4. The predicted molar refractivity (Wildman–Crippen MR) is 126 cm³/mol. The number of carbonyl (C=O) groups excluding carboxylic acids is 2. The highest BCUT2D eigenvalue weighted by Crippen LogP contribution is 2.20. The van der Waals surface area contributed by atoms with Crippen LogP contribution in [-0.4, -0.2) is 39.5 Å². The number of nitrogens with one attached hydrogen (secondary N) is 1. The summed E-state index contributed by atoms with van der Waals surface area (Å²) in [6, 6.07) is 15.6. The Morgan fingerprint density at radius 1 is 1.09 bits per heavy atom. The van der Waals surface area contributed by atoms with Crippen LogP contribution in [0.3, 0.4) is 0 Å². The molecule has 32 heavy (non-hydrogen) atoms. The lowest BCUT2D eigenvalue weighted by molar-refractivity contribution is -0.384. The van der Waals surface area contributed by atoms with Gasteiger partial charge in [0.15, 0.2) is 0 Å². The van der Waals surface area contributed by atoms with Crippen LogP contribution in [0.4, 0.5) is 5.69 Å². The molecule has 0 aliphatic heterocycles. The average molecular weight is 456 g/mol. The Kier molecular flexibility index (Phi) is 8.67. The van der Waals surface area contributed by atoms with Crippen molar-refractivity contribution in [2.45, 2.75) is 57.0 Å². The molecule has 2 aromatic carbocycles. The minimum Gasteiger partial charge on any atom is -0.352 e. The molecule has 1 fully saturated rings. The van der Waals surface area contributed by atoms with Gasteiger partial charge in [-0.15, -0.1) is 11.8 Å². The van der Waals surface area contributed by atoms with Gasteiger partial charge in [-0.1, -0.05) is 55.3 Å². The minimum atomic E-state index is -0.566. The Hall–Kier alpha value is -2.87. The van der Waals surface area contributed by atoms with Gasteiger partial charge in [0.25, 0.3) is 5.69 Å². The zero-order chi connectivity index (χ0) is 22.9. The van der Waals surface area contributed by atoms with Crippen LogP contribution in [0.5, 0.6) is 0 Å². The molecule has 0 bridgehead atoms. The topological polar surface area (TPSA) is 92.6 Å². The summed E-state index contributed by atoms with van der Waals surface area (Å²) < 4.78 is 0. The van der Waals surface area contributed by atoms with Crippen molar-refractivity contribution in [3.05, 3.63) is 75.8 Å². The second-order valence-electron chi connectivity index (χ2n) is 8.09. The molecule has 8 heteroatoms. The number of hydrogen-bond donors (Lipinski definition) is 1. The molecular formula is C24H29N3O4S. The van der Waals surface area contributed by atoms with Gasteiger partial charge >= 0.3 is 0 Å². The summed E-state index contributed by atoms with van der Waals surface area (Å²) in [4.78, 5) is 37.9. The number of carbonyl (C=O) groups is 2. The van der Waals surface area contributed by atoms with Crippen LogP contribution < -0.4 is 5.32 Å². The Labute approximate surface area is 192 Å². The van der Waals surface area contributed by atoms with Crippen LogP contribution in [0.2, 0.25) is 0 Å². The van der Waals surface area contributed by atoms with E-state index in [2.05, 4.69) is 5.32 Å². The van der Waals surface area contributed by atoms with Gasteiger partial charge in [-0.25, -0.2) is 0 Å². The van der Waals surface area contributed by atoms with Crippen molar-refractivity contribution in [3.63, 3.8) is 0 Å². The number of nitrogens with zero attached hydrogens (tertiary/aromatic N) is 2. The van der Waals surface area contributed by atoms with Gasteiger partial charge in [-0.05, 0) is 30.9 Å². The number of nitro benzene ring substituents is 1. The Morgan fingerprint density at radius 2 is 1.75 bits per heavy atom. The van der Waals surface area contributed by atoms with E-state index in [1.54, 1.807) is 24.0 Å². The maximum absolute atomic E-state index is 13.1. The van der Waals surface area contributed by atoms with Crippen molar-refractivity contribution in [1.29, 1.82) is 0 Å². The second-order valence-corrected chi connectivity index (χ2v) is 9.08. The predicted octanol–water partition coefficient (Wildman–Crippen LogP) is 4.30. The highest BCUT2D eigenvalue weighted by Gasteiger charge is 2.28. The van der Waals surface area contributed by atoms with E-state index in [1.807, 2.05) is 30.3 Å². The first kappa shape index (κ1) is 23.8. The van der Waals surface area contributed by atoms with Crippen LogP contribution in [0.1, 0.15) is 43.7 Å². The molecule has 1 saturated carbocycles. The molecule has 0 heterocycles. The molecule has 2 aromatic rings. The number of thioether (sulfide) groups is 1. The van der Waals surface area contributed by atoms with Crippen LogP contribution in [-0.2, 0) is 21.9 Å². The van der Waals surface area contributed by atoms with Crippen LogP contribution in [0, 0.1) is 10.1 Å². The number of benzene rings is 2. The van der Waals surface area contributed by atoms with Crippen molar-refractivity contribution in [1.82, 2.24) is 10.2 Å². The third-order valence-corrected chi connectivity index (χ3v) is 6.69. The molecule has 1 aliphatic rings. The molecule has 2 amide bonds. The van der Waals surface area contributed by atoms with E-state index in [-0.39, 0.29) is 29.3 Å². The van der Waals surface area contributed by atoms with Crippen molar-refractivity contribution in [2.75, 3.05) is 5.75 Å². The average Bonchev–Trinajstić information content (AvgIpc) is 3.31. The number of rotatable bonds is 10. The van der Waals surface area contributed by atoms with Crippen molar-refractivity contribution in [2.24, 2.45) is 0 Å². The van der Waals surface area contributed by atoms with Gasteiger partial charge in [0, 0.05) is 30.5 Å². The highest BCUT2D eigenvalue weighted by molar-refractivity contribution is 7.99. The summed E-state index contributed by atoms with van der Waals surface area (Å²) in [6.07, 6.45) is 4.25. The lowest BCUT2D eigenvalue weighted by Crippen LogP contribution is -2.50. The van der Waals surface area contributed by atoms with Gasteiger partial charge in [0.05, 0.1) is 10.7 Å². The summed E-state index contributed by atoms with van der Waals surface area (Å²) in [5.74, 6) is 0.576. The van der Waals surface area contributed by atoms with Crippen LogP contribution in [0.15, 0.2) is 54.6 Å². The van der Waals surface area contributed by atoms with Crippen molar-refractivity contribution >= 4 is 29.3 Å². The molecule has 0 saturated heterocycles. The maximum Gasteiger partial charge on any atom is 0.269 e. The van der Waals surface area contributed by atoms with E-state index in [4.69, 9.17) is 0 Å². The number of hydrogen-bond acceptors (Lipinski definition) is 5. The first-order valence-electron chi connectivity index (χ1n) is 10.9. The molecule has 3 rings (SSSR count). The van der Waals surface area contributed by atoms with E-state index in [9.17, 15) is 19.7 Å². The normalized spacial score (nSPS) is 14.7. The van der Waals surface area contributed by atoms with Crippen molar-refractivity contribution in [3.8, 4) is 0 Å². The summed E-state index contributed by atoms with van der Waals surface area (Å²) in [7, 11) is 0. The van der Waals surface area contributed by atoms with Gasteiger partial charge in [0.1, 0.15) is 6.04 Å². The standard InChI is InChI=1S/C24H29N3O4S/c1-18(24(29)25-21-9-5-6-10-21)26(15-19-7-3-2-4-8-19)23(28)17-32-16-20-11-13-22(14-12-20)27(30)31/h2-4,7-8,11-14,18,21H,5-6,9-10,15-17H2,1H3,(H,25,29)/t18-/m1/s1. The Bertz CT molecular complexity index is 915. The van der Waals surface area contributed by atoms with Gasteiger partial charge < -0.3 is 10.2 Å². The fraction of sp³-hybridized carbons (Fsp3) is 0.417. The molecule has 1 atom stereocenters. The smallest absolute Gasteiger partial charge is 0.269 e. The molecule has 0 aromatic heterocycles. The summed E-state index contributed by atoms with van der Waals surface area (Å²) in [5, 5.41) is 13.9. The largest absolute Gasteiger partial charge is 0.352 e. The Balaban J connectivity index is 1.61. The zero-order valence-electron chi connectivity index (χ0n) is 18.2. The first-order valence-corrected chi connectivity index (χ1v) is 12.0. The third kappa shape index (κ3) is 6.82. The summed E-state index contributed by atoms with van der Waals surface area (Å²) >= 11 is 1.44. The molecule has 1 N–H and O–H groups in total. The van der Waals surface area contributed by atoms with Crippen molar-refractivity contribution < 1.29 is 14.5 Å². The molecule has 1 aliphatic carbocycles. The lowest BCUT2D eigenvalue weighted by Gasteiger charge is -2.29. The van der Waals surface area contributed by atoms with Crippen LogP contribution in [0.25, 0.3) is 0 Å². The van der Waals surface area contributed by atoms with Gasteiger partial charge in [-0.3, -0.25) is 19.7 Å². The zero-order valence-corrected chi connectivity index (χ0v) is 19.1. The summed E-state index contributed by atoms with van der Waals surface area (Å²) in [6.45, 7) is 2.16. The highest BCUT2D eigenvalue weighted by atomic mass is 32.2. The molecular weight excluding hydrogens is 426 g/mol. The Morgan fingerprint density at radius 3 is 2.38 bits per heavy atom. The van der Waals surface area contributed by atoms with E-state index >= 15 is 0 Å². The van der Waals surface area contributed by atoms with E-state index in [0.29, 0.717) is 12.3 Å². The molecule has 0 radical (unpaired) electrons. The fourth-order valence-corrected chi connectivity index (χ4v) is 4.68. The minimum absolute atomic E-state index is 0.0472. The number of nitro groups is 1. The lowest BCUT2D eigenvalue weighted by atomic mass is 10.1. The summed E-state index contributed by atoms with van der Waals surface area (Å²) in [5.41, 5.74) is 1.93. The maximum atomic E-state index is 13.1.